The second-order valence-electron chi connectivity index (χ2n) is 7.42. The van der Waals surface area contributed by atoms with Gasteiger partial charge in [-0.2, -0.15) is 0 Å². The molecule has 0 fully saturated rings. The van der Waals surface area contributed by atoms with Crippen molar-refractivity contribution in [2.24, 2.45) is 0 Å². The highest BCUT2D eigenvalue weighted by Crippen LogP contribution is 2.38. The molecule has 0 aliphatic carbocycles. The Bertz CT molecular complexity index is 767. The summed E-state index contributed by atoms with van der Waals surface area (Å²) in [7, 11) is 0. The lowest BCUT2D eigenvalue weighted by atomic mass is 10.0. The van der Waals surface area contributed by atoms with Gasteiger partial charge in [0, 0.05) is 10.8 Å². The van der Waals surface area contributed by atoms with Crippen LogP contribution in [0.2, 0.25) is 0 Å². The average Bonchev–Trinajstić information content (AvgIpc) is 2.68. The minimum absolute atomic E-state index is 0.176. The van der Waals surface area contributed by atoms with E-state index in [1.807, 2.05) is 25.1 Å². The normalized spacial score (nSPS) is 11.0. The molecule has 0 amide bonds. The number of hydrogen-bond acceptors (Lipinski definition) is 3. The van der Waals surface area contributed by atoms with E-state index < -0.39 is 5.97 Å². The lowest BCUT2D eigenvalue weighted by molar-refractivity contribution is 0.0692. The van der Waals surface area contributed by atoms with Gasteiger partial charge in [0.15, 0.2) is 0 Å². The van der Waals surface area contributed by atoms with Crippen molar-refractivity contribution < 1.29 is 19.4 Å². The fraction of sp³-hybridized carbons (Fsp3) is 0.542. The minimum atomic E-state index is -0.984. The van der Waals surface area contributed by atoms with Crippen molar-refractivity contribution in [3.05, 3.63) is 35.4 Å². The molecule has 0 saturated carbocycles. The Morgan fingerprint density at radius 3 is 2.11 bits per heavy atom. The molecule has 0 radical (unpaired) electrons. The second kappa shape index (κ2) is 11.6. The van der Waals surface area contributed by atoms with Crippen LogP contribution in [0.25, 0.3) is 10.8 Å². The first-order valence-corrected chi connectivity index (χ1v) is 10.6. The van der Waals surface area contributed by atoms with Gasteiger partial charge in [0.2, 0.25) is 0 Å². The Kier molecular flexibility index (Phi) is 9.12. The number of hydrogen-bond donors (Lipinski definition) is 1. The fourth-order valence-corrected chi connectivity index (χ4v) is 3.33. The van der Waals surface area contributed by atoms with Crippen molar-refractivity contribution in [3.63, 3.8) is 0 Å². The van der Waals surface area contributed by atoms with Gasteiger partial charge in [-0.05, 0) is 31.9 Å². The van der Waals surface area contributed by atoms with Gasteiger partial charge in [-0.3, -0.25) is 0 Å². The van der Waals surface area contributed by atoms with Gasteiger partial charge < -0.3 is 14.6 Å². The number of fused-ring (bicyclic) bond motifs is 1. The molecule has 0 bridgehead atoms. The van der Waals surface area contributed by atoms with Gasteiger partial charge in [0.1, 0.15) is 17.1 Å². The number of ether oxygens (including phenoxy) is 2. The fourth-order valence-electron chi connectivity index (χ4n) is 3.33. The zero-order valence-corrected chi connectivity index (χ0v) is 17.6. The summed E-state index contributed by atoms with van der Waals surface area (Å²) in [5.41, 5.74) is 1.29. The molecule has 0 saturated heterocycles. The molecule has 2 rings (SSSR count). The first kappa shape index (κ1) is 22.1. The quantitative estimate of drug-likeness (QED) is 0.386. The van der Waals surface area contributed by atoms with Crippen LogP contribution in [-0.4, -0.2) is 24.3 Å². The molecule has 154 valence electrons. The van der Waals surface area contributed by atoms with Crippen LogP contribution < -0.4 is 9.47 Å². The summed E-state index contributed by atoms with van der Waals surface area (Å²) < 4.78 is 12.0. The van der Waals surface area contributed by atoms with E-state index in [0.717, 1.165) is 48.4 Å². The monoisotopic (exact) mass is 386 g/mol. The second-order valence-corrected chi connectivity index (χ2v) is 7.42. The highest BCUT2D eigenvalue weighted by Gasteiger charge is 2.19. The predicted molar refractivity (Wildman–Crippen MR) is 115 cm³/mol. The maximum atomic E-state index is 11.9. The summed E-state index contributed by atoms with van der Waals surface area (Å²) in [6.07, 6.45) is 8.80. The van der Waals surface area contributed by atoms with E-state index in [0.29, 0.717) is 24.7 Å². The Hall–Kier alpha value is -2.23. The number of rotatable bonds is 13. The molecule has 0 heterocycles. The highest BCUT2D eigenvalue weighted by atomic mass is 16.5. The van der Waals surface area contributed by atoms with Gasteiger partial charge in [-0.25, -0.2) is 4.79 Å². The van der Waals surface area contributed by atoms with E-state index in [4.69, 9.17) is 9.47 Å². The number of unbranched alkanes of at least 4 members (excludes halogenated alkanes) is 6. The summed E-state index contributed by atoms with van der Waals surface area (Å²) in [5.74, 6) is 0.102. The minimum Gasteiger partial charge on any atom is -0.493 e. The van der Waals surface area contributed by atoms with Gasteiger partial charge in [-0.1, -0.05) is 70.1 Å². The molecule has 0 aromatic heterocycles. The zero-order chi connectivity index (χ0) is 20.4. The van der Waals surface area contributed by atoms with Crippen molar-refractivity contribution in [3.8, 4) is 11.5 Å². The first-order chi connectivity index (χ1) is 13.6. The van der Waals surface area contributed by atoms with Crippen LogP contribution in [0.4, 0.5) is 0 Å². The van der Waals surface area contributed by atoms with Crippen LogP contribution in [0.3, 0.4) is 0 Å². The standard InChI is InChI=1S/C24H34O4/c1-4-6-8-10-14-27-22-17-21(24(25)26)23(28-15-11-9-7-5-2)19-13-12-18(3)16-20(19)22/h12-13,16-17H,4-11,14-15H2,1-3H3,(H,25,26). The number of carbonyl (C=O) groups is 1. The van der Waals surface area contributed by atoms with Crippen LogP contribution in [0, 0.1) is 6.92 Å². The third-order valence-electron chi connectivity index (χ3n) is 4.94. The first-order valence-electron chi connectivity index (χ1n) is 10.6. The Labute approximate surface area is 168 Å². The molecule has 1 N–H and O–H groups in total. The number of aromatic carboxylic acids is 1. The van der Waals surface area contributed by atoms with Gasteiger partial charge >= 0.3 is 5.97 Å². The van der Waals surface area contributed by atoms with Crippen LogP contribution in [0.15, 0.2) is 24.3 Å². The van der Waals surface area contributed by atoms with Crippen molar-refractivity contribution in [2.75, 3.05) is 13.2 Å². The number of aryl methyl sites for hydroxylation is 1. The molecule has 2 aromatic carbocycles. The van der Waals surface area contributed by atoms with Crippen LogP contribution in [0.5, 0.6) is 11.5 Å². The van der Waals surface area contributed by atoms with Gasteiger partial charge in [-0.15, -0.1) is 0 Å². The number of carboxylic acids is 1. The third kappa shape index (κ3) is 6.15. The third-order valence-corrected chi connectivity index (χ3v) is 4.94. The molecule has 0 atom stereocenters. The Balaban J connectivity index is 2.30. The Morgan fingerprint density at radius 2 is 1.50 bits per heavy atom. The van der Waals surface area contributed by atoms with E-state index in [1.165, 1.54) is 19.3 Å². The summed E-state index contributed by atoms with van der Waals surface area (Å²) in [5, 5.41) is 11.5. The van der Waals surface area contributed by atoms with Crippen LogP contribution >= 0.6 is 0 Å². The summed E-state index contributed by atoms with van der Waals surface area (Å²) in [6, 6.07) is 7.61. The predicted octanol–water partition coefficient (Wildman–Crippen LogP) is 6.76. The molecule has 28 heavy (non-hydrogen) atoms. The van der Waals surface area contributed by atoms with E-state index >= 15 is 0 Å². The smallest absolute Gasteiger partial charge is 0.339 e. The molecule has 2 aromatic rings. The maximum absolute atomic E-state index is 11.9. The lowest BCUT2D eigenvalue weighted by Crippen LogP contribution is -2.07. The van der Waals surface area contributed by atoms with Crippen molar-refractivity contribution in [1.29, 1.82) is 0 Å². The molecule has 0 aliphatic heterocycles. The Morgan fingerprint density at radius 1 is 0.857 bits per heavy atom. The van der Waals surface area contributed by atoms with Gasteiger partial charge in [0.05, 0.1) is 13.2 Å². The van der Waals surface area contributed by atoms with Gasteiger partial charge in [0.25, 0.3) is 0 Å². The lowest BCUT2D eigenvalue weighted by Gasteiger charge is -2.17. The largest absolute Gasteiger partial charge is 0.493 e. The molecule has 0 spiro atoms. The number of benzene rings is 2. The zero-order valence-electron chi connectivity index (χ0n) is 17.6. The van der Waals surface area contributed by atoms with E-state index in [9.17, 15) is 9.90 Å². The molecule has 0 aliphatic rings. The van der Waals surface area contributed by atoms with Crippen LogP contribution in [0.1, 0.15) is 81.1 Å². The molecular weight excluding hydrogens is 352 g/mol. The van der Waals surface area contributed by atoms with Crippen molar-refractivity contribution >= 4 is 16.7 Å². The summed E-state index contributed by atoms with van der Waals surface area (Å²) >= 11 is 0. The van der Waals surface area contributed by atoms with Crippen LogP contribution in [-0.2, 0) is 0 Å². The van der Waals surface area contributed by atoms with E-state index in [1.54, 1.807) is 6.07 Å². The number of carboxylic acid groups (broad SMARTS) is 1. The highest BCUT2D eigenvalue weighted by molar-refractivity contribution is 6.03. The molecular formula is C24H34O4. The average molecular weight is 387 g/mol. The summed E-state index contributed by atoms with van der Waals surface area (Å²) in [4.78, 5) is 11.9. The molecule has 4 nitrogen and oxygen atoms in total. The SMILES string of the molecule is CCCCCCOc1cc(C(=O)O)c(OCCCCCC)c2ccc(C)cc12. The van der Waals surface area contributed by atoms with E-state index in [-0.39, 0.29) is 5.56 Å². The topological polar surface area (TPSA) is 55.8 Å². The summed E-state index contributed by atoms with van der Waals surface area (Å²) in [6.45, 7) is 7.50. The maximum Gasteiger partial charge on any atom is 0.339 e. The van der Waals surface area contributed by atoms with Crippen molar-refractivity contribution in [1.82, 2.24) is 0 Å². The van der Waals surface area contributed by atoms with E-state index in [2.05, 4.69) is 13.8 Å². The van der Waals surface area contributed by atoms with Crippen molar-refractivity contribution in [2.45, 2.75) is 72.1 Å². The molecule has 4 heteroatoms. The molecule has 0 unspecified atom stereocenters.